The molecule has 454 valence electrons. The van der Waals surface area contributed by atoms with Crippen LogP contribution in [0, 0.1) is 0 Å². The minimum absolute atomic E-state index is 0.0213. The number of carboxylic acids is 5. The molecule has 6 atom stereocenters. The molecular formula is C45H83N7O25S. The van der Waals surface area contributed by atoms with Gasteiger partial charge in [0.1, 0.15) is 41.8 Å². The molecule has 6 aliphatic rings. The summed E-state index contributed by atoms with van der Waals surface area (Å²) in [6, 6.07) is -4.92. The van der Waals surface area contributed by atoms with Gasteiger partial charge < -0.3 is 127 Å². The van der Waals surface area contributed by atoms with Crippen LogP contribution in [0.4, 0.5) is 0 Å². The number of rotatable bonds is 29. The molecule has 6 rings (SSSR count). The Kier molecular flexibility index (Phi) is 40.7. The number of thioether (sulfide) groups is 1. The Morgan fingerprint density at radius 1 is 0.487 bits per heavy atom. The van der Waals surface area contributed by atoms with E-state index in [2.05, 4.69) is 5.32 Å². The zero-order valence-electron chi connectivity index (χ0n) is 43.9. The maximum Gasteiger partial charge on any atom is 0.322 e. The van der Waals surface area contributed by atoms with Crippen molar-refractivity contribution in [1.82, 2.24) is 5.32 Å². The van der Waals surface area contributed by atoms with Crippen molar-refractivity contribution < 1.29 is 121 Å². The lowest BCUT2D eigenvalue weighted by Crippen LogP contribution is -2.42. The lowest BCUT2D eigenvalue weighted by Gasteiger charge is -2.11. The summed E-state index contributed by atoms with van der Waals surface area (Å²) >= 11 is 1.43. The predicted molar refractivity (Wildman–Crippen MR) is 269 cm³/mol. The minimum atomic E-state index is -1.17. The summed E-state index contributed by atoms with van der Waals surface area (Å²) in [5, 5.41) is 45.1. The number of ketones is 2. The van der Waals surface area contributed by atoms with E-state index in [1.165, 1.54) is 18.7 Å². The third-order valence-corrected chi connectivity index (χ3v) is 11.6. The van der Waals surface area contributed by atoms with Gasteiger partial charge in [0.05, 0.1) is 105 Å². The number of carbonyl (C=O) groups is 7. The van der Waals surface area contributed by atoms with Gasteiger partial charge in [-0.05, 0) is 32.6 Å². The molecule has 6 aliphatic heterocycles. The molecule has 18 N–H and O–H groups in total. The average molecular weight is 1150 g/mol. The van der Waals surface area contributed by atoms with E-state index in [1.807, 2.05) is 0 Å². The Hall–Kier alpha value is -3.76. The molecule has 6 unspecified atom stereocenters. The summed E-state index contributed by atoms with van der Waals surface area (Å²) in [6.07, 6.45) is 1.51. The maximum atomic E-state index is 11.2. The third-order valence-electron chi connectivity index (χ3n) is 10.5. The average Bonchev–Trinajstić information content (AvgIpc) is 4.26. The highest BCUT2D eigenvalue weighted by Crippen LogP contribution is 2.15. The molecule has 0 aromatic heterocycles. The second-order valence-electron chi connectivity index (χ2n) is 17.2. The highest BCUT2D eigenvalue weighted by atomic mass is 32.2. The smallest absolute Gasteiger partial charge is 0.322 e. The standard InChI is InChI=1S/C8H13NO5.C8H15NO4.C8H15NO3.C7H14N2O4.C7H13NO5.C7H13NO4S/c9-6(8(11)12)3-5(10)4-7-13-1-2-14-7;9-6(8(10)11)2-1-3-7-12-4-5-13-7;1-6(10)7(9)2-3-8-11-4-5-12-8;8-5(7(10)11)3-9-4-6-12-1-2-13-6;8-5(7(9)10)3-11-4-6-12-1-2-13-6;8-5(7(9)10)3-13-4-6-11-1-2-12-6/h6-7H,1-4,9H2,(H,11,12);6-7H,1-5,9H2,(H,10,11);7-8H,2-5,9H2,1H3;5-6,9H,1-4,8H2,(H,10,11);2*5-6H,1-4,8H2,(H,9,10). The number of nitrogens with one attached hydrogen (secondary N) is 1. The van der Waals surface area contributed by atoms with Crippen LogP contribution in [0.3, 0.4) is 0 Å². The van der Waals surface area contributed by atoms with Gasteiger partial charge in [0.15, 0.2) is 37.7 Å². The van der Waals surface area contributed by atoms with Crippen molar-refractivity contribution in [3.05, 3.63) is 0 Å². The van der Waals surface area contributed by atoms with Gasteiger partial charge in [-0.3, -0.25) is 33.6 Å². The van der Waals surface area contributed by atoms with Crippen LogP contribution < -0.4 is 39.7 Å². The van der Waals surface area contributed by atoms with Crippen molar-refractivity contribution in [2.75, 3.05) is 117 Å². The number of Topliss-reactive ketones (excluding diaryl/α,β-unsaturated/α-hetero) is 2. The zero-order valence-corrected chi connectivity index (χ0v) is 44.7. The molecule has 6 saturated heterocycles. The van der Waals surface area contributed by atoms with Crippen molar-refractivity contribution >= 4 is 53.2 Å². The Bertz CT molecular complexity index is 1520. The SMILES string of the molecule is CC(=O)C(N)CCC1OCCO1.NC(CC(=O)CC1OCCO1)C(=O)O.NC(CCCC1OCCO1)C(=O)O.NC(CNCC1OCCO1)C(=O)O.NC(COCC1OCCO1)C(=O)O.NC(CSCC1OCCO1)C(=O)O. The second kappa shape index (κ2) is 44.0. The van der Waals surface area contributed by atoms with Gasteiger partial charge in [0, 0.05) is 37.4 Å². The fraction of sp³-hybridized carbons (Fsp3) is 0.844. The first-order valence-electron chi connectivity index (χ1n) is 25.0. The quantitative estimate of drug-likeness (QED) is 0.0338. The fourth-order valence-corrected chi connectivity index (χ4v) is 7.04. The number of hydrogen-bond donors (Lipinski definition) is 12. The summed E-state index contributed by atoms with van der Waals surface area (Å²) < 4.78 is 66.5. The molecule has 0 saturated carbocycles. The molecule has 32 nitrogen and oxygen atoms in total. The first kappa shape index (κ1) is 72.3. The first-order valence-corrected chi connectivity index (χ1v) is 26.2. The monoisotopic (exact) mass is 1150 g/mol. The molecule has 0 radical (unpaired) electrons. The summed E-state index contributed by atoms with van der Waals surface area (Å²) in [7, 11) is 0. The molecule has 6 fully saturated rings. The second-order valence-corrected chi connectivity index (χ2v) is 18.2. The van der Waals surface area contributed by atoms with Crippen molar-refractivity contribution in [1.29, 1.82) is 0 Å². The Morgan fingerprint density at radius 3 is 1.35 bits per heavy atom. The lowest BCUT2D eigenvalue weighted by atomic mass is 10.1. The number of ether oxygens (including phenoxy) is 13. The Morgan fingerprint density at radius 2 is 0.897 bits per heavy atom. The molecule has 0 aliphatic carbocycles. The number of carboxylic acid groups (broad SMARTS) is 5. The van der Waals surface area contributed by atoms with Gasteiger partial charge in [-0.1, -0.05) is 0 Å². The van der Waals surface area contributed by atoms with Gasteiger partial charge in [-0.2, -0.15) is 11.8 Å². The molecule has 78 heavy (non-hydrogen) atoms. The van der Waals surface area contributed by atoms with E-state index in [-0.39, 0.29) is 81.7 Å². The zero-order chi connectivity index (χ0) is 58.3. The van der Waals surface area contributed by atoms with E-state index >= 15 is 0 Å². The summed E-state index contributed by atoms with van der Waals surface area (Å²) in [5.41, 5.74) is 31.8. The fourth-order valence-electron chi connectivity index (χ4n) is 6.12. The molecule has 0 amide bonds. The van der Waals surface area contributed by atoms with Crippen molar-refractivity contribution in [2.45, 2.75) is 126 Å². The van der Waals surface area contributed by atoms with Crippen molar-refractivity contribution in [3.63, 3.8) is 0 Å². The Balaban J connectivity index is 0.000000468. The van der Waals surface area contributed by atoms with Crippen LogP contribution in [-0.4, -0.2) is 258 Å². The van der Waals surface area contributed by atoms with Gasteiger partial charge >= 0.3 is 29.8 Å². The van der Waals surface area contributed by atoms with Crippen molar-refractivity contribution in [2.24, 2.45) is 34.4 Å². The van der Waals surface area contributed by atoms with E-state index in [4.69, 9.17) is 122 Å². The van der Waals surface area contributed by atoms with E-state index in [9.17, 15) is 33.6 Å². The maximum absolute atomic E-state index is 11.2. The molecule has 6 heterocycles. The molecule has 0 aromatic rings. The topological polar surface area (TPSA) is 509 Å². The molecule has 0 spiro atoms. The largest absolute Gasteiger partial charge is 0.480 e. The number of hydrogen-bond acceptors (Lipinski definition) is 28. The highest BCUT2D eigenvalue weighted by molar-refractivity contribution is 7.99. The summed E-state index contributed by atoms with van der Waals surface area (Å²) in [6.45, 7) is 9.45. The van der Waals surface area contributed by atoms with E-state index < -0.39 is 66.3 Å². The van der Waals surface area contributed by atoms with Crippen LogP contribution in [0.2, 0.25) is 0 Å². The number of nitrogens with two attached hydrogens (primary N) is 6. The van der Waals surface area contributed by atoms with Crippen LogP contribution in [0.15, 0.2) is 0 Å². The van der Waals surface area contributed by atoms with Gasteiger partial charge in [0.2, 0.25) is 0 Å². The molecule has 33 heteroatoms. The van der Waals surface area contributed by atoms with E-state index in [0.717, 1.165) is 12.8 Å². The lowest BCUT2D eigenvalue weighted by molar-refractivity contribution is -0.142. The van der Waals surface area contributed by atoms with Crippen LogP contribution in [0.1, 0.15) is 51.9 Å². The van der Waals surface area contributed by atoms with E-state index in [0.29, 0.717) is 117 Å². The van der Waals surface area contributed by atoms with Crippen LogP contribution in [0.5, 0.6) is 0 Å². The van der Waals surface area contributed by atoms with Gasteiger partial charge in [0.25, 0.3) is 0 Å². The van der Waals surface area contributed by atoms with Crippen LogP contribution >= 0.6 is 11.8 Å². The van der Waals surface area contributed by atoms with Gasteiger partial charge in [-0.25, -0.2) is 0 Å². The number of aliphatic carboxylic acids is 5. The van der Waals surface area contributed by atoms with Gasteiger partial charge in [-0.15, -0.1) is 0 Å². The van der Waals surface area contributed by atoms with Crippen LogP contribution in [-0.2, 0) is 95.1 Å². The van der Waals surface area contributed by atoms with E-state index in [1.54, 1.807) is 0 Å². The third kappa shape index (κ3) is 37.2. The molecule has 0 aromatic carbocycles. The summed E-state index contributed by atoms with van der Waals surface area (Å²) in [4.78, 5) is 73.5. The first-order chi connectivity index (χ1) is 37.1. The van der Waals surface area contributed by atoms with Crippen molar-refractivity contribution in [3.8, 4) is 0 Å². The molecule has 0 bridgehead atoms. The minimum Gasteiger partial charge on any atom is -0.480 e. The normalized spacial score (nSPS) is 20.3. The molecular weight excluding hydrogens is 1070 g/mol. The number of carbonyl (C=O) groups excluding carboxylic acids is 2. The van der Waals surface area contributed by atoms with Crippen LogP contribution in [0.25, 0.3) is 0 Å². The predicted octanol–water partition coefficient (Wildman–Crippen LogP) is -4.23. The highest BCUT2D eigenvalue weighted by Gasteiger charge is 2.25. The Labute approximate surface area is 455 Å². The summed E-state index contributed by atoms with van der Waals surface area (Å²) in [5.74, 6) is -4.39.